The van der Waals surface area contributed by atoms with Crippen molar-refractivity contribution in [3.63, 3.8) is 0 Å². The average molecular weight is 415 g/mol. The minimum Gasteiger partial charge on any atom is -0.490 e. The summed E-state index contributed by atoms with van der Waals surface area (Å²) in [6.45, 7) is 5.26. The molecule has 3 rings (SSSR count). The topological polar surface area (TPSA) is 43.4 Å². The van der Waals surface area contributed by atoms with Gasteiger partial charge in [-0.2, -0.15) is 0 Å². The summed E-state index contributed by atoms with van der Waals surface area (Å²) in [5.41, 5.74) is 3.35. The minimum absolute atomic E-state index is 0.0946. The maximum absolute atomic E-state index is 12.4. The molecular formula is C25H34O3S. The van der Waals surface area contributed by atoms with E-state index in [-0.39, 0.29) is 5.75 Å². The SMILES string of the molecule is CC(C)(C)S(=O)(=O)Cc1ccc(CCc2cccc(OC3CCCCC3)c2)cc1. The molecule has 0 N–H and O–H groups in total. The third-order valence-electron chi connectivity index (χ3n) is 5.77. The normalized spacial score (nSPS) is 16.0. The van der Waals surface area contributed by atoms with Crippen molar-refractivity contribution < 1.29 is 13.2 Å². The fourth-order valence-electron chi connectivity index (χ4n) is 3.68. The molecule has 1 fully saturated rings. The van der Waals surface area contributed by atoms with Crippen LogP contribution < -0.4 is 4.74 Å². The maximum Gasteiger partial charge on any atom is 0.159 e. The van der Waals surface area contributed by atoms with E-state index < -0.39 is 14.6 Å². The molecule has 0 atom stereocenters. The Balaban J connectivity index is 1.55. The van der Waals surface area contributed by atoms with E-state index >= 15 is 0 Å². The summed E-state index contributed by atoms with van der Waals surface area (Å²) in [5, 5.41) is 0. The smallest absolute Gasteiger partial charge is 0.159 e. The number of benzene rings is 2. The summed E-state index contributed by atoms with van der Waals surface area (Å²) in [4.78, 5) is 0. The molecule has 0 aliphatic heterocycles. The second-order valence-corrected chi connectivity index (χ2v) is 12.0. The highest BCUT2D eigenvalue weighted by Crippen LogP contribution is 2.25. The Morgan fingerprint density at radius 1 is 0.862 bits per heavy atom. The highest BCUT2D eigenvalue weighted by atomic mass is 32.2. The maximum atomic E-state index is 12.4. The van der Waals surface area contributed by atoms with Gasteiger partial charge in [-0.25, -0.2) is 8.42 Å². The number of hydrogen-bond acceptors (Lipinski definition) is 3. The van der Waals surface area contributed by atoms with Crippen molar-refractivity contribution in [2.75, 3.05) is 0 Å². The van der Waals surface area contributed by atoms with E-state index in [0.717, 1.165) is 24.2 Å². The third kappa shape index (κ3) is 6.33. The first-order valence-corrected chi connectivity index (χ1v) is 12.4. The predicted molar refractivity (Wildman–Crippen MR) is 120 cm³/mol. The molecule has 0 bridgehead atoms. The zero-order valence-electron chi connectivity index (χ0n) is 18.0. The highest BCUT2D eigenvalue weighted by Gasteiger charge is 2.28. The minimum atomic E-state index is -3.15. The van der Waals surface area contributed by atoms with Crippen LogP contribution in [0.5, 0.6) is 5.75 Å². The van der Waals surface area contributed by atoms with Crippen LogP contribution in [0.4, 0.5) is 0 Å². The van der Waals surface area contributed by atoms with Gasteiger partial charge in [-0.05, 0) is 88.1 Å². The number of aryl methyl sites for hydroxylation is 2. The number of hydrogen-bond donors (Lipinski definition) is 0. The van der Waals surface area contributed by atoms with E-state index in [9.17, 15) is 8.42 Å². The van der Waals surface area contributed by atoms with Crippen molar-refractivity contribution in [3.05, 3.63) is 65.2 Å². The van der Waals surface area contributed by atoms with Crippen molar-refractivity contribution >= 4 is 9.84 Å². The molecule has 2 aromatic rings. The van der Waals surface area contributed by atoms with E-state index in [4.69, 9.17) is 4.74 Å². The summed E-state index contributed by atoms with van der Waals surface area (Å²) >= 11 is 0. The van der Waals surface area contributed by atoms with Crippen molar-refractivity contribution in [3.8, 4) is 5.75 Å². The van der Waals surface area contributed by atoms with Crippen molar-refractivity contribution in [1.29, 1.82) is 0 Å². The van der Waals surface area contributed by atoms with Crippen molar-refractivity contribution in [1.82, 2.24) is 0 Å². The van der Waals surface area contributed by atoms with Crippen LogP contribution in [0.1, 0.15) is 69.6 Å². The molecule has 0 saturated heterocycles. The molecule has 0 amide bonds. The molecule has 0 aromatic heterocycles. The summed E-state index contributed by atoms with van der Waals surface area (Å²) in [5.74, 6) is 1.08. The average Bonchev–Trinajstić information content (AvgIpc) is 2.67. The van der Waals surface area contributed by atoms with Gasteiger partial charge in [0.25, 0.3) is 0 Å². The first-order chi connectivity index (χ1) is 13.7. The molecule has 4 heteroatoms. The lowest BCUT2D eigenvalue weighted by Crippen LogP contribution is -2.29. The number of rotatable bonds is 7. The Kier molecular flexibility index (Phi) is 7.05. The zero-order valence-corrected chi connectivity index (χ0v) is 18.8. The van der Waals surface area contributed by atoms with E-state index in [1.165, 1.54) is 43.2 Å². The Labute approximate surface area is 176 Å². The summed E-state index contributed by atoms with van der Waals surface area (Å²) in [7, 11) is -3.15. The fourth-order valence-corrected chi connectivity index (χ4v) is 4.74. The van der Waals surface area contributed by atoms with Gasteiger partial charge < -0.3 is 4.74 Å². The molecule has 0 unspecified atom stereocenters. The lowest BCUT2D eigenvalue weighted by molar-refractivity contribution is 0.155. The Bertz CT molecular complexity index is 886. The molecule has 1 saturated carbocycles. The van der Waals surface area contributed by atoms with E-state index in [1.807, 2.05) is 12.1 Å². The molecule has 158 valence electrons. The van der Waals surface area contributed by atoms with Gasteiger partial charge >= 0.3 is 0 Å². The van der Waals surface area contributed by atoms with Gasteiger partial charge in [0.15, 0.2) is 9.84 Å². The highest BCUT2D eigenvalue weighted by molar-refractivity contribution is 7.91. The number of ether oxygens (including phenoxy) is 1. The monoisotopic (exact) mass is 414 g/mol. The first-order valence-electron chi connectivity index (χ1n) is 10.8. The van der Waals surface area contributed by atoms with Crippen LogP contribution in [-0.4, -0.2) is 19.3 Å². The lowest BCUT2D eigenvalue weighted by atomic mass is 9.97. The van der Waals surface area contributed by atoms with E-state index in [2.05, 4.69) is 36.4 Å². The quantitative estimate of drug-likeness (QED) is 0.567. The van der Waals surface area contributed by atoms with Gasteiger partial charge in [-0.1, -0.05) is 42.8 Å². The van der Waals surface area contributed by atoms with Crippen LogP contribution in [0, 0.1) is 0 Å². The fraction of sp³-hybridized carbons (Fsp3) is 0.520. The van der Waals surface area contributed by atoms with E-state index in [0.29, 0.717) is 6.10 Å². The zero-order chi connectivity index (χ0) is 20.9. The van der Waals surface area contributed by atoms with Crippen LogP contribution in [0.25, 0.3) is 0 Å². The molecule has 1 aliphatic rings. The predicted octanol–water partition coefficient (Wildman–Crippen LogP) is 5.90. The second-order valence-electron chi connectivity index (χ2n) is 9.21. The van der Waals surface area contributed by atoms with Crippen LogP contribution in [-0.2, 0) is 28.4 Å². The van der Waals surface area contributed by atoms with Gasteiger partial charge in [0.1, 0.15) is 5.75 Å². The van der Waals surface area contributed by atoms with Gasteiger partial charge in [-0.3, -0.25) is 0 Å². The molecule has 1 aliphatic carbocycles. The molecule has 29 heavy (non-hydrogen) atoms. The van der Waals surface area contributed by atoms with Gasteiger partial charge in [-0.15, -0.1) is 0 Å². The molecule has 0 radical (unpaired) electrons. The van der Waals surface area contributed by atoms with Crippen molar-refractivity contribution in [2.24, 2.45) is 0 Å². The van der Waals surface area contributed by atoms with Crippen LogP contribution >= 0.6 is 0 Å². The molecular weight excluding hydrogens is 380 g/mol. The van der Waals surface area contributed by atoms with Crippen LogP contribution in [0.15, 0.2) is 48.5 Å². The largest absolute Gasteiger partial charge is 0.490 e. The number of sulfone groups is 1. The summed E-state index contributed by atoms with van der Waals surface area (Å²) in [6.07, 6.45) is 8.47. The molecule has 3 nitrogen and oxygen atoms in total. The summed E-state index contributed by atoms with van der Waals surface area (Å²) in [6, 6.07) is 16.4. The lowest BCUT2D eigenvalue weighted by Gasteiger charge is -2.23. The van der Waals surface area contributed by atoms with Gasteiger partial charge in [0.2, 0.25) is 0 Å². The summed E-state index contributed by atoms with van der Waals surface area (Å²) < 4.78 is 30.2. The third-order valence-corrected chi connectivity index (χ3v) is 8.35. The molecule has 2 aromatic carbocycles. The molecule has 0 heterocycles. The van der Waals surface area contributed by atoms with Crippen LogP contribution in [0.2, 0.25) is 0 Å². The first kappa shape index (κ1) is 21.9. The Morgan fingerprint density at radius 2 is 1.48 bits per heavy atom. The molecule has 0 spiro atoms. The Morgan fingerprint density at radius 3 is 2.14 bits per heavy atom. The van der Waals surface area contributed by atoms with Gasteiger partial charge in [0, 0.05) is 0 Å². The Hall–Kier alpha value is -1.81. The van der Waals surface area contributed by atoms with Crippen molar-refractivity contribution in [2.45, 2.75) is 82.3 Å². The van der Waals surface area contributed by atoms with E-state index in [1.54, 1.807) is 20.8 Å². The standard InChI is InChI=1S/C25H34O3S/c1-25(2,3)29(26,27)19-22-16-13-20(14-17-22)12-15-21-8-7-11-24(18-21)28-23-9-5-4-6-10-23/h7-8,11,13-14,16-18,23H,4-6,9-10,12,15,19H2,1-3H3. The van der Waals surface area contributed by atoms with Crippen LogP contribution in [0.3, 0.4) is 0 Å². The second kappa shape index (κ2) is 9.34. The van der Waals surface area contributed by atoms with Gasteiger partial charge in [0.05, 0.1) is 16.6 Å².